The Balaban J connectivity index is 1.66. The van der Waals surface area contributed by atoms with E-state index in [0.29, 0.717) is 5.69 Å². The van der Waals surface area contributed by atoms with Crippen LogP contribution in [-0.4, -0.2) is 70.9 Å². The number of nitrogens with zero attached hydrogens (tertiary/aromatic N) is 3. The van der Waals surface area contributed by atoms with Crippen molar-refractivity contribution in [1.29, 1.82) is 5.26 Å². The van der Waals surface area contributed by atoms with Crippen molar-refractivity contribution in [3.63, 3.8) is 0 Å². The maximum atomic E-state index is 14.4. The van der Waals surface area contributed by atoms with E-state index in [1.165, 1.54) is 16.8 Å². The molecule has 222 valence electrons. The molecule has 0 aromatic heterocycles. The zero-order valence-corrected chi connectivity index (χ0v) is 25.0. The molecule has 0 radical (unpaired) electrons. The first-order valence-electron chi connectivity index (χ1n) is 14.2. The van der Waals surface area contributed by atoms with Crippen LogP contribution < -0.4 is 10.6 Å². The molecule has 0 aliphatic carbocycles. The SMILES string of the molecule is CC(C)[C@@H](NC(=O)OC(C)(C)C)C(=O)N(C)[C@@H](Cc1ccccc1)C(=O)N1C[C@]2(C[C@H]1C#N)C(=O)Nc1ccccc12. The second-order valence-corrected chi connectivity index (χ2v) is 12.4. The molecule has 2 aliphatic heterocycles. The van der Waals surface area contributed by atoms with Crippen molar-refractivity contribution in [3.8, 4) is 6.07 Å². The summed E-state index contributed by atoms with van der Waals surface area (Å²) >= 11 is 0. The van der Waals surface area contributed by atoms with Crippen LogP contribution in [-0.2, 0) is 31.0 Å². The lowest BCUT2D eigenvalue weighted by molar-refractivity contribution is -0.146. The molecule has 10 nitrogen and oxygen atoms in total. The number of hydrogen-bond acceptors (Lipinski definition) is 6. The van der Waals surface area contributed by atoms with E-state index in [4.69, 9.17) is 4.74 Å². The second-order valence-electron chi connectivity index (χ2n) is 12.4. The summed E-state index contributed by atoms with van der Waals surface area (Å²) in [5, 5.41) is 15.7. The van der Waals surface area contributed by atoms with E-state index >= 15 is 0 Å². The van der Waals surface area contributed by atoms with E-state index in [1.54, 1.807) is 34.6 Å². The average Bonchev–Trinajstić information content (AvgIpc) is 3.46. The highest BCUT2D eigenvalue weighted by Gasteiger charge is 2.56. The minimum absolute atomic E-state index is 0.0179. The third-order valence-corrected chi connectivity index (χ3v) is 7.89. The zero-order valence-electron chi connectivity index (χ0n) is 25.0. The monoisotopic (exact) mass is 573 g/mol. The third kappa shape index (κ3) is 6.10. The summed E-state index contributed by atoms with van der Waals surface area (Å²) in [4.78, 5) is 56.9. The second kappa shape index (κ2) is 11.8. The lowest BCUT2D eigenvalue weighted by atomic mass is 9.80. The predicted octanol–water partition coefficient (Wildman–Crippen LogP) is 3.62. The fourth-order valence-electron chi connectivity index (χ4n) is 5.73. The van der Waals surface area contributed by atoms with Crippen molar-refractivity contribution in [2.75, 3.05) is 18.9 Å². The number of hydrogen-bond donors (Lipinski definition) is 2. The molecule has 4 amide bonds. The first-order valence-corrected chi connectivity index (χ1v) is 14.2. The lowest BCUT2D eigenvalue weighted by Gasteiger charge is -2.35. The molecular weight excluding hydrogens is 534 g/mol. The van der Waals surface area contributed by atoms with Crippen molar-refractivity contribution in [2.45, 2.75) is 76.6 Å². The topological polar surface area (TPSA) is 132 Å². The Morgan fingerprint density at radius 2 is 1.79 bits per heavy atom. The van der Waals surface area contributed by atoms with E-state index in [0.717, 1.165) is 11.1 Å². The number of nitriles is 1. The molecule has 4 rings (SSSR count). The predicted molar refractivity (Wildman–Crippen MR) is 157 cm³/mol. The van der Waals surface area contributed by atoms with Gasteiger partial charge in [0.25, 0.3) is 0 Å². The zero-order chi connectivity index (χ0) is 30.8. The van der Waals surface area contributed by atoms with Gasteiger partial charge in [-0.05, 0) is 43.9 Å². The summed E-state index contributed by atoms with van der Waals surface area (Å²) in [6, 6.07) is 16.0. The highest BCUT2D eigenvalue weighted by molar-refractivity contribution is 6.07. The Morgan fingerprint density at radius 1 is 1.14 bits per heavy atom. The summed E-state index contributed by atoms with van der Waals surface area (Å²) in [6.07, 6.45) is -0.391. The molecule has 0 unspecified atom stereocenters. The van der Waals surface area contributed by atoms with Gasteiger partial charge < -0.3 is 25.2 Å². The van der Waals surface area contributed by atoms with Gasteiger partial charge in [-0.15, -0.1) is 0 Å². The first-order chi connectivity index (χ1) is 19.8. The number of para-hydroxylation sites is 1. The number of anilines is 1. The van der Waals surface area contributed by atoms with E-state index in [2.05, 4.69) is 16.7 Å². The van der Waals surface area contributed by atoms with Gasteiger partial charge in [0, 0.05) is 32.1 Å². The molecule has 10 heteroatoms. The lowest BCUT2D eigenvalue weighted by Crippen LogP contribution is -2.58. The van der Waals surface area contributed by atoms with Crippen molar-refractivity contribution in [2.24, 2.45) is 5.92 Å². The van der Waals surface area contributed by atoms with Gasteiger partial charge >= 0.3 is 6.09 Å². The van der Waals surface area contributed by atoms with Gasteiger partial charge in [-0.25, -0.2) is 4.79 Å². The van der Waals surface area contributed by atoms with Crippen LogP contribution in [0.2, 0.25) is 0 Å². The molecule has 2 N–H and O–H groups in total. The molecule has 42 heavy (non-hydrogen) atoms. The number of rotatable bonds is 7. The van der Waals surface area contributed by atoms with Crippen LogP contribution in [0, 0.1) is 17.2 Å². The van der Waals surface area contributed by atoms with Gasteiger partial charge in [0.1, 0.15) is 23.7 Å². The number of ether oxygens (including phenoxy) is 1. The van der Waals surface area contributed by atoms with Gasteiger partial charge in [-0.3, -0.25) is 14.4 Å². The molecule has 2 aliphatic rings. The molecular formula is C32H39N5O5. The van der Waals surface area contributed by atoms with E-state index in [1.807, 2.05) is 54.6 Å². The molecule has 0 saturated carbocycles. The van der Waals surface area contributed by atoms with Crippen molar-refractivity contribution in [1.82, 2.24) is 15.1 Å². The smallest absolute Gasteiger partial charge is 0.408 e. The molecule has 4 atom stereocenters. The Bertz CT molecular complexity index is 1400. The molecule has 0 bridgehead atoms. The van der Waals surface area contributed by atoms with Crippen LogP contribution in [0.25, 0.3) is 0 Å². The van der Waals surface area contributed by atoms with Crippen LogP contribution in [0.1, 0.15) is 52.2 Å². The molecule has 2 aromatic rings. The van der Waals surface area contributed by atoms with Crippen molar-refractivity contribution < 1.29 is 23.9 Å². The molecule has 2 aromatic carbocycles. The largest absolute Gasteiger partial charge is 0.444 e. The fourth-order valence-corrected chi connectivity index (χ4v) is 5.73. The number of benzene rings is 2. The summed E-state index contributed by atoms with van der Waals surface area (Å²) in [6.45, 7) is 8.82. The maximum absolute atomic E-state index is 14.4. The summed E-state index contributed by atoms with van der Waals surface area (Å²) in [7, 11) is 1.53. The Morgan fingerprint density at radius 3 is 2.40 bits per heavy atom. The minimum atomic E-state index is -1.05. The van der Waals surface area contributed by atoms with Crippen LogP contribution in [0.4, 0.5) is 10.5 Å². The summed E-state index contributed by atoms with van der Waals surface area (Å²) in [5.74, 6) is -1.45. The Kier molecular flexibility index (Phi) is 8.62. The Labute approximate surface area is 247 Å². The van der Waals surface area contributed by atoms with Gasteiger partial charge in [0.2, 0.25) is 17.7 Å². The van der Waals surface area contributed by atoms with E-state index in [-0.39, 0.29) is 31.2 Å². The first kappa shape index (κ1) is 30.6. The van der Waals surface area contributed by atoms with Crippen LogP contribution in [0.15, 0.2) is 54.6 Å². The van der Waals surface area contributed by atoms with Crippen LogP contribution >= 0.6 is 0 Å². The van der Waals surface area contributed by atoms with Gasteiger partial charge in [-0.1, -0.05) is 62.4 Å². The summed E-state index contributed by atoms with van der Waals surface area (Å²) in [5.41, 5.74) is 0.453. The number of amides is 4. The number of nitrogens with one attached hydrogen (secondary N) is 2. The van der Waals surface area contributed by atoms with Gasteiger partial charge in [0.15, 0.2) is 0 Å². The van der Waals surface area contributed by atoms with E-state index in [9.17, 15) is 24.4 Å². The number of alkyl carbamates (subject to hydrolysis) is 1. The average molecular weight is 574 g/mol. The van der Waals surface area contributed by atoms with Crippen molar-refractivity contribution >= 4 is 29.5 Å². The maximum Gasteiger partial charge on any atom is 0.408 e. The highest BCUT2D eigenvalue weighted by atomic mass is 16.6. The molecule has 2 heterocycles. The number of fused-ring (bicyclic) bond motifs is 2. The molecule has 1 fully saturated rings. The molecule has 1 spiro atoms. The molecule has 1 saturated heterocycles. The van der Waals surface area contributed by atoms with E-state index < -0.39 is 47.0 Å². The summed E-state index contributed by atoms with van der Waals surface area (Å²) < 4.78 is 5.38. The fraction of sp³-hybridized carbons (Fsp3) is 0.469. The van der Waals surface area contributed by atoms with Crippen molar-refractivity contribution in [3.05, 3.63) is 65.7 Å². The number of carbonyl (C=O) groups excluding carboxylic acids is 4. The minimum Gasteiger partial charge on any atom is -0.444 e. The highest BCUT2D eigenvalue weighted by Crippen LogP contribution is 2.46. The van der Waals surface area contributed by atoms with Gasteiger partial charge in [0.05, 0.1) is 11.5 Å². The van der Waals surface area contributed by atoms with Crippen LogP contribution in [0.5, 0.6) is 0 Å². The normalized spacial score (nSPS) is 20.9. The number of carbonyl (C=O) groups is 4. The Hall–Kier alpha value is -4.39. The van der Waals surface area contributed by atoms with Gasteiger partial charge in [-0.2, -0.15) is 5.26 Å². The quantitative estimate of drug-likeness (QED) is 0.520. The number of likely N-dealkylation sites (tertiary alicyclic amines) is 1. The third-order valence-electron chi connectivity index (χ3n) is 7.89. The standard InChI is InChI=1S/C32H39N5O5/c1-20(2)26(35-30(41)42-31(3,4)5)28(39)36(6)25(16-21-12-8-7-9-13-21)27(38)37-19-32(17-22(37)18-33)23-14-10-11-15-24(23)34-29(32)40/h7-15,20,22,25-26H,16-17,19H2,1-6H3,(H,34,40)(H,35,41)/t22-,25-,26+,32-/m0/s1. The number of likely N-dealkylation sites (N-methyl/N-ethyl adjacent to an activating group) is 1. The van der Waals surface area contributed by atoms with Crippen LogP contribution in [0.3, 0.4) is 0 Å².